The van der Waals surface area contributed by atoms with Crippen molar-refractivity contribution in [3.05, 3.63) is 58.6 Å². The Morgan fingerprint density at radius 3 is 2.39 bits per heavy atom. The van der Waals surface area contributed by atoms with Gasteiger partial charge in [-0.1, -0.05) is 22.9 Å². The summed E-state index contributed by atoms with van der Waals surface area (Å²) in [5.74, 6) is 0. The fourth-order valence-electron chi connectivity index (χ4n) is 1.99. The molecular weight excluding hydrogens is 354 g/mol. The van der Waals surface area contributed by atoms with Gasteiger partial charge in [0, 0.05) is 10.7 Å². The van der Waals surface area contributed by atoms with E-state index >= 15 is 0 Å². The molecule has 0 aliphatic carbocycles. The molecule has 0 bridgehead atoms. The van der Waals surface area contributed by atoms with Crippen LogP contribution in [0.1, 0.15) is 5.56 Å². The van der Waals surface area contributed by atoms with Crippen molar-refractivity contribution in [1.29, 1.82) is 0 Å². The van der Waals surface area contributed by atoms with E-state index in [1.54, 1.807) is 48.8 Å². The minimum absolute atomic E-state index is 0.224. The van der Waals surface area contributed by atoms with E-state index in [9.17, 15) is 8.42 Å². The Labute approximate surface area is 142 Å². The van der Waals surface area contributed by atoms with Crippen molar-refractivity contribution in [2.75, 3.05) is 5.32 Å². The predicted octanol–water partition coefficient (Wildman–Crippen LogP) is 4.08. The molecule has 3 rings (SSSR count). The molecule has 0 atom stereocenters. The van der Waals surface area contributed by atoms with Gasteiger partial charge in [-0.15, -0.1) is 10.2 Å². The lowest BCUT2D eigenvalue weighted by molar-refractivity contribution is 0.596. The van der Waals surface area contributed by atoms with Gasteiger partial charge in [-0.25, -0.2) is 8.42 Å². The normalized spacial score (nSPS) is 11.4. The van der Waals surface area contributed by atoms with Crippen LogP contribution in [0.15, 0.2) is 57.8 Å². The quantitative estimate of drug-likeness (QED) is 0.754. The van der Waals surface area contributed by atoms with Crippen LogP contribution in [0.2, 0.25) is 5.02 Å². The molecule has 0 unspecified atom stereocenters. The van der Waals surface area contributed by atoms with Crippen LogP contribution in [0.25, 0.3) is 0 Å². The maximum Gasteiger partial charge on any atom is 0.209 e. The van der Waals surface area contributed by atoms with Crippen molar-refractivity contribution >= 4 is 43.6 Å². The highest BCUT2D eigenvalue weighted by Gasteiger charge is 2.18. The molecule has 0 amide bonds. The molecular formula is C15H12ClN3O2S2. The number of benzene rings is 2. The summed E-state index contributed by atoms with van der Waals surface area (Å²) in [4.78, 5) is 0.450. The molecule has 1 heterocycles. The number of sulfone groups is 1. The zero-order valence-corrected chi connectivity index (χ0v) is 14.4. The van der Waals surface area contributed by atoms with Crippen LogP contribution in [0, 0.1) is 6.92 Å². The van der Waals surface area contributed by atoms with Crippen LogP contribution in [-0.4, -0.2) is 18.6 Å². The van der Waals surface area contributed by atoms with E-state index in [0.29, 0.717) is 10.2 Å². The standard InChI is InChI=1S/C15H12ClN3O2S2/c1-10-8-13(6-7-14(10)16)23(20,21)12-4-2-11(3-5-12)18-15-19-17-9-22-15/h2-9H,1H3,(H,18,19). The van der Waals surface area contributed by atoms with E-state index in [1.165, 1.54) is 17.4 Å². The van der Waals surface area contributed by atoms with E-state index in [1.807, 2.05) is 0 Å². The highest BCUT2D eigenvalue weighted by molar-refractivity contribution is 7.91. The van der Waals surface area contributed by atoms with Gasteiger partial charge in [0.2, 0.25) is 15.0 Å². The van der Waals surface area contributed by atoms with Crippen molar-refractivity contribution in [3.8, 4) is 0 Å². The van der Waals surface area contributed by atoms with Gasteiger partial charge in [0.25, 0.3) is 0 Å². The summed E-state index contributed by atoms with van der Waals surface area (Å²) >= 11 is 7.32. The maximum absolute atomic E-state index is 12.6. The van der Waals surface area contributed by atoms with E-state index in [4.69, 9.17) is 11.6 Å². The monoisotopic (exact) mass is 365 g/mol. The van der Waals surface area contributed by atoms with Gasteiger partial charge in [0.15, 0.2) is 0 Å². The molecule has 0 fully saturated rings. The summed E-state index contributed by atoms with van der Waals surface area (Å²) in [6, 6.07) is 11.2. The Balaban J connectivity index is 1.89. The number of rotatable bonds is 4. The van der Waals surface area contributed by atoms with Crippen molar-refractivity contribution in [2.45, 2.75) is 16.7 Å². The van der Waals surface area contributed by atoms with Gasteiger partial charge in [-0.3, -0.25) is 0 Å². The molecule has 0 saturated heterocycles. The van der Waals surface area contributed by atoms with Crippen LogP contribution < -0.4 is 5.32 Å². The topological polar surface area (TPSA) is 72.0 Å². The molecule has 0 saturated carbocycles. The van der Waals surface area contributed by atoms with Gasteiger partial charge in [0.05, 0.1) is 9.79 Å². The van der Waals surface area contributed by atoms with E-state index in [0.717, 1.165) is 11.3 Å². The molecule has 0 aliphatic rings. The van der Waals surface area contributed by atoms with Gasteiger partial charge >= 0.3 is 0 Å². The largest absolute Gasteiger partial charge is 0.330 e. The number of halogens is 1. The zero-order chi connectivity index (χ0) is 16.4. The van der Waals surface area contributed by atoms with Gasteiger partial charge in [-0.2, -0.15) is 0 Å². The van der Waals surface area contributed by atoms with Gasteiger partial charge in [0.1, 0.15) is 5.51 Å². The van der Waals surface area contributed by atoms with E-state index in [-0.39, 0.29) is 9.79 Å². The number of nitrogens with one attached hydrogen (secondary N) is 1. The fraction of sp³-hybridized carbons (Fsp3) is 0.0667. The molecule has 2 aromatic carbocycles. The van der Waals surface area contributed by atoms with Crippen LogP contribution >= 0.6 is 22.9 Å². The average molecular weight is 366 g/mol. The Morgan fingerprint density at radius 2 is 1.78 bits per heavy atom. The van der Waals surface area contributed by atoms with Crippen LogP contribution in [-0.2, 0) is 9.84 Å². The third-order valence-electron chi connectivity index (χ3n) is 3.22. The van der Waals surface area contributed by atoms with Crippen molar-refractivity contribution in [1.82, 2.24) is 10.2 Å². The Hall–Kier alpha value is -1.96. The molecule has 1 N–H and O–H groups in total. The summed E-state index contributed by atoms with van der Waals surface area (Å²) in [5.41, 5.74) is 3.08. The summed E-state index contributed by atoms with van der Waals surface area (Å²) in [5, 5.41) is 11.8. The van der Waals surface area contributed by atoms with Gasteiger partial charge < -0.3 is 5.32 Å². The zero-order valence-electron chi connectivity index (χ0n) is 12.0. The Kier molecular flexibility index (Phi) is 4.34. The summed E-state index contributed by atoms with van der Waals surface area (Å²) in [7, 11) is -3.57. The number of hydrogen-bond donors (Lipinski definition) is 1. The summed E-state index contributed by atoms with van der Waals surface area (Å²) < 4.78 is 25.3. The highest BCUT2D eigenvalue weighted by Crippen LogP contribution is 2.26. The number of aromatic nitrogens is 2. The molecule has 118 valence electrons. The fourth-order valence-corrected chi connectivity index (χ4v) is 3.92. The Bertz CT molecular complexity index is 924. The van der Waals surface area contributed by atoms with Crippen molar-refractivity contribution in [3.63, 3.8) is 0 Å². The average Bonchev–Trinajstić information content (AvgIpc) is 3.03. The lowest BCUT2D eigenvalue weighted by Gasteiger charge is -2.08. The summed E-state index contributed by atoms with van der Waals surface area (Å²) in [6.07, 6.45) is 0. The molecule has 23 heavy (non-hydrogen) atoms. The molecule has 3 aromatic rings. The number of hydrogen-bond acceptors (Lipinski definition) is 6. The second-order valence-electron chi connectivity index (χ2n) is 4.81. The van der Waals surface area contributed by atoms with Crippen LogP contribution in [0.5, 0.6) is 0 Å². The van der Waals surface area contributed by atoms with Crippen LogP contribution in [0.3, 0.4) is 0 Å². The molecule has 0 radical (unpaired) electrons. The third kappa shape index (κ3) is 3.36. The number of nitrogens with zero attached hydrogens (tertiary/aromatic N) is 2. The Morgan fingerprint density at radius 1 is 1.09 bits per heavy atom. The molecule has 1 aromatic heterocycles. The summed E-state index contributed by atoms with van der Waals surface area (Å²) in [6.45, 7) is 1.77. The molecule has 8 heteroatoms. The minimum Gasteiger partial charge on any atom is -0.330 e. The molecule has 5 nitrogen and oxygen atoms in total. The smallest absolute Gasteiger partial charge is 0.209 e. The SMILES string of the molecule is Cc1cc(S(=O)(=O)c2ccc(Nc3nncs3)cc2)ccc1Cl. The van der Waals surface area contributed by atoms with E-state index in [2.05, 4.69) is 15.5 Å². The van der Waals surface area contributed by atoms with Gasteiger partial charge in [-0.05, 0) is 55.0 Å². The lowest BCUT2D eigenvalue weighted by Crippen LogP contribution is -2.02. The molecule has 0 aliphatic heterocycles. The highest BCUT2D eigenvalue weighted by atomic mass is 35.5. The maximum atomic E-state index is 12.6. The predicted molar refractivity (Wildman–Crippen MR) is 91.3 cm³/mol. The van der Waals surface area contributed by atoms with Crippen LogP contribution in [0.4, 0.5) is 10.8 Å². The lowest BCUT2D eigenvalue weighted by atomic mass is 10.2. The number of anilines is 2. The minimum atomic E-state index is -3.57. The first-order valence-corrected chi connectivity index (χ1v) is 9.35. The number of aryl methyl sites for hydroxylation is 1. The van der Waals surface area contributed by atoms with Crippen molar-refractivity contribution in [2.24, 2.45) is 0 Å². The first-order valence-electron chi connectivity index (χ1n) is 6.61. The first-order chi connectivity index (χ1) is 11.0. The second-order valence-corrected chi connectivity index (χ2v) is 8.00. The van der Waals surface area contributed by atoms with E-state index < -0.39 is 9.84 Å². The van der Waals surface area contributed by atoms with Crippen molar-refractivity contribution < 1.29 is 8.42 Å². The third-order valence-corrected chi connectivity index (χ3v) is 6.01. The molecule has 0 spiro atoms. The second kappa shape index (κ2) is 6.27. The first kappa shape index (κ1) is 15.9.